The van der Waals surface area contributed by atoms with Crippen LogP contribution in [0.1, 0.15) is 6.92 Å². The third-order valence-corrected chi connectivity index (χ3v) is 4.27. The molecule has 0 aliphatic heterocycles. The van der Waals surface area contributed by atoms with Gasteiger partial charge < -0.3 is 10.1 Å². The molecule has 1 atom stereocenters. The van der Waals surface area contributed by atoms with Gasteiger partial charge in [0.1, 0.15) is 5.75 Å². The van der Waals surface area contributed by atoms with Gasteiger partial charge in [-0.3, -0.25) is 4.79 Å². The van der Waals surface area contributed by atoms with E-state index in [2.05, 4.69) is 27.9 Å². The summed E-state index contributed by atoms with van der Waals surface area (Å²) in [4.78, 5) is 12.2. The van der Waals surface area contributed by atoms with E-state index in [1.807, 2.05) is 6.07 Å². The number of carbonyl (C=O) groups is 1. The van der Waals surface area contributed by atoms with E-state index in [1.165, 1.54) is 0 Å². The standard InChI is InChI=1S/C15H11Cl3INO2/c1-8(22-14-5-2-9(16)6-12(14)18)15(21)20-13-4-3-10(19)7-11(13)17/h2-8H,1H3,(H,20,21). The molecule has 0 aliphatic carbocycles. The molecule has 0 bridgehead atoms. The summed E-state index contributed by atoms with van der Waals surface area (Å²) in [7, 11) is 0. The minimum Gasteiger partial charge on any atom is -0.479 e. The van der Waals surface area contributed by atoms with Crippen LogP contribution in [0.4, 0.5) is 5.69 Å². The summed E-state index contributed by atoms with van der Waals surface area (Å²) >= 11 is 20.1. The van der Waals surface area contributed by atoms with E-state index in [0.29, 0.717) is 26.5 Å². The molecule has 2 aromatic carbocycles. The fraction of sp³-hybridized carbons (Fsp3) is 0.133. The number of rotatable bonds is 4. The molecular formula is C15H11Cl3INO2. The lowest BCUT2D eigenvalue weighted by Crippen LogP contribution is -2.30. The average molecular weight is 471 g/mol. The minimum absolute atomic E-state index is 0.325. The van der Waals surface area contributed by atoms with Gasteiger partial charge in [-0.25, -0.2) is 0 Å². The van der Waals surface area contributed by atoms with Crippen LogP contribution < -0.4 is 10.1 Å². The lowest BCUT2D eigenvalue weighted by Gasteiger charge is -2.16. The summed E-state index contributed by atoms with van der Waals surface area (Å²) < 4.78 is 6.53. The van der Waals surface area contributed by atoms with Crippen molar-refractivity contribution in [1.29, 1.82) is 0 Å². The number of benzene rings is 2. The molecule has 0 heterocycles. The van der Waals surface area contributed by atoms with Gasteiger partial charge in [0.15, 0.2) is 6.10 Å². The first-order valence-corrected chi connectivity index (χ1v) is 8.45. The molecule has 3 nitrogen and oxygen atoms in total. The Morgan fingerprint density at radius 2 is 1.86 bits per heavy atom. The molecular weight excluding hydrogens is 459 g/mol. The van der Waals surface area contributed by atoms with Crippen LogP contribution in [0.25, 0.3) is 0 Å². The molecule has 1 amide bonds. The van der Waals surface area contributed by atoms with Crippen molar-refractivity contribution >= 4 is 69.0 Å². The van der Waals surface area contributed by atoms with E-state index < -0.39 is 6.10 Å². The largest absolute Gasteiger partial charge is 0.479 e. The highest BCUT2D eigenvalue weighted by molar-refractivity contribution is 14.1. The third kappa shape index (κ3) is 4.65. The summed E-state index contributed by atoms with van der Waals surface area (Å²) in [5.74, 6) is 0.0662. The van der Waals surface area contributed by atoms with Crippen molar-refractivity contribution in [2.24, 2.45) is 0 Å². The Hall–Kier alpha value is -0.690. The quantitative estimate of drug-likeness (QED) is 0.586. The van der Waals surface area contributed by atoms with Crippen LogP contribution in [-0.4, -0.2) is 12.0 Å². The maximum Gasteiger partial charge on any atom is 0.265 e. The predicted octanol–water partition coefficient (Wildman–Crippen LogP) is 5.66. The van der Waals surface area contributed by atoms with Crippen molar-refractivity contribution in [3.05, 3.63) is 55.0 Å². The maximum absolute atomic E-state index is 12.2. The Balaban J connectivity index is 2.05. The van der Waals surface area contributed by atoms with Gasteiger partial charge in [-0.05, 0) is 65.9 Å². The molecule has 22 heavy (non-hydrogen) atoms. The summed E-state index contributed by atoms with van der Waals surface area (Å²) in [5, 5.41) is 4.04. The van der Waals surface area contributed by atoms with Gasteiger partial charge in [-0.1, -0.05) is 34.8 Å². The van der Waals surface area contributed by atoms with Gasteiger partial charge in [-0.15, -0.1) is 0 Å². The van der Waals surface area contributed by atoms with Gasteiger partial charge in [0, 0.05) is 8.59 Å². The second-order valence-electron chi connectivity index (χ2n) is 4.45. The van der Waals surface area contributed by atoms with Crippen LogP contribution in [0.5, 0.6) is 5.75 Å². The zero-order chi connectivity index (χ0) is 16.3. The normalized spacial score (nSPS) is 11.9. The smallest absolute Gasteiger partial charge is 0.265 e. The second-order valence-corrected chi connectivity index (χ2v) is 6.94. The lowest BCUT2D eigenvalue weighted by molar-refractivity contribution is -0.122. The van der Waals surface area contributed by atoms with E-state index in [1.54, 1.807) is 37.3 Å². The Morgan fingerprint density at radius 1 is 1.14 bits per heavy atom. The molecule has 0 aliphatic rings. The number of hydrogen-bond donors (Lipinski definition) is 1. The van der Waals surface area contributed by atoms with Crippen molar-refractivity contribution in [2.45, 2.75) is 13.0 Å². The fourth-order valence-corrected chi connectivity index (χ4v) is 3.00. The van der Waals surface area contributed by atoms with Crippen LogP contribution in [-0.2, 0) is 4.79 Å². The summed E-state index contributed by atoms with van der Waals surface area (Å²) in [6, 6.07) is 10.2. The number of anilines is 1. The molecule has 0 saturated carbocycles. The van der Waals surface area contributed by atoms with Crippen molar-refractivity contribution < 1.29 is 9.53 Å². The Kier molecular flexibility index (Phi) is 6.20. The van der Waals surface area contributed by atoms with Crippen molar-refractivity contribution in [2.75, 3.05) is 5.32 Å². The molecule has 1 N–H and O–H groups in total. The molecule has 0 aromatic heterocycles. The number of ether oxygens (including phenoxy) is 1. The zero-order valence-corrected chi connectivity index (χ0v) is 15.8. The number of amides is 1. The number of halogens is 4. The first-order valence-electron chi connectivity index (χ1n) is 6.24. The zero-order valence-electron chi connectivity index (χ0n) is 11.4. The van der Waals surface area contributed by atoms with Gasteiger partial charge in [0.25, 0.3) is 5.91 Å². The van der Waals surface area contributed by atoms with Crippen LogP contribution in [0.3, 0.4) is 0 Å². The van der Waals surface area contributed by atoms with Crippen LogP contribution >= 0.6 is 57.4 Å². The number of hydrogen-bond acceptors (Lipinski definition) is 2. The highest BCUT2D eigenvalue weighted by Crippen LogP contribution is 2.29. The number of nitrogens with one attached hydrogen (secondary N) is 1. The average Bonchev–Trinajstić information content (AvgIpc) is 2.44. The maximum atomic E-state index is 12.2. The summed E-state index contributed by atoms with van der Waals surface area (Å²) in [5.41, 5.74) is 0.532. The van der Waals surface area contributed by atoms with Crippen molar-refractivity contribution in [3.8, 4) is 5.75 Å². The van der Waals surface area contributed by atoms with Crippen molar-refractivity contribution in [3.63, 3.8) is 0 Å². The van der Waals surface area contributed by atoms with Crippen molar-refractivity contribution in [1.82, 2.24) is 0 Å². The molecule has 7 heteroatoms. The molecule has 2 rings (SSSR count). The molecule has 0 radical (unpaired) electrons. The third-order valence-electron chi connectivity index (χ3n) is 2.76. The monoisotopic (exact) mass is 469 g/mol. The molecule has 0 saturated heterocycles. The molecule has 116 valence electrons. The lowest BCUT2D eigenvalue weighted by atomic mass is 10.3. The molecule has 2 aromatic rings. The Morgan fingerprint density at radius 3 is 2.50 bits per heavy atom. The van der Waals surface area contributed by atoms with Gasteiger partial charge in [-0.2, -0.15) is 0 Å². The Bertz CT molecular complexity index is 709. The molecule has 0 fully saturated rings. The van der Waals surface area contributed by atoms with Gasteiger partial charge in [0.2, 0.25) is 0 Å². The highest BCUT2D eigenvalue weighted by atomic mass is 127. The van der Waals surface area contributed by atoms with Crippen LogP contribution in [0.2, 0.25) is 15.1 Å². The molecule has 0 spiro atoms. The van der Waals surface area contributed by atoms with E-state index in [4.69, 9.17) is 39.5 Å². The second kappa shape index (κ2) is 7.73. The minimum atomic E-state index is -0.742. The Labute approximate surface area is 157 Å². The first-order chi connectivity index (χ1) is 10.4. The summed E-state index contributed by atoms with van der Waals surface area (Å²) in [6.07, 6.45) is -0.742. The van der Waals surface area contributed by atoms with E-state index >= 15 is 0 Å². The molecule has 1 unspecified atom stereocenters. The van der Waals surface area contributed by atoms with E-state index in [-0.39, 0.29) is 5.91 Å². The van der Waals surface area contributed by atoms with Gasteiger partial charge >= 0.3 is 0 Å². The SMILES string of the molecule is CC(Oc1ccc(Cl)cc1Cl)C(=O)Nc1ccc(I)cc1Cl. The fourth-order valence-electron chi connectivity index (χ4n) is 1.64. The number of carbonyl (C=O) groups excluding carboxylic acids is 1. The van der Waals surface area contributed by atoms with Gasteiger partial charge in [0.05, 0.1) is 15.7 Å². The van der Waals surface area contributed by atoms with Crippen LogP contribution in [0, 0.1) is 3.57 Å². The van der Waals surface area contributed by atoms with Crippen LogP contribution in [0.15, 0.2) is 36.4 Å². The highest BCUT2D eigenvalue weighted by Gasteiger charge is 2.17. The first kappa shape index (κ1) is 17.7. The van der Waals surface area contributed by atoms with E-state index in [9.17, 15) is 4.79 Å². The summed E-state index contributed by atoms with van der Waals surface area (Å²) in [6.45, 7) is 1.63. The predicted molar refractivity (Wildman–Crippen MR) is 99.4 cm³/mol. The topological polar surface area (TPSA) is 38.3 Å². The van der Waals surface area contributed by atoms with E-state index in [0.717, 1.165) is 3.57 Å².